The van der Waals surface area contributed by atoms with Gasteiger partial charge in [-0.05, 0) is 45.4 Å². The first-order valence-electron chi connectivity index (χ1n) is 8.00. The van der Waals surface area contributed by atoms with Crippen LogP contribution in [0.4, 0.5) is 0 Å². The predicted molar refractivity (Wildman–Crippen MR) is 75.0 cm³/mol. The molecular formula is C16H28O3. The van der Waals surface area contributed by atoms with Crippen molar-refractivity contribution >= 4 is 5.78 Å². The van der Waals surface area contributed by atoms with E-state index in [9.17, 15) is 9.90 Å². The molecule has 0 bridgehead atoms. The van der Waals surface area contributed by atoms with Crippen LogP contribution in [0.2, 0.25) is 0 Å². The minimum atomic E-state index is -0.387. The van der Waals surface area contributed by atoms with Gasteiger partial charge in [-0.15, -0.1) is 0 Å². The van der Waals surface area contributed by atoms with Crippen LogP contribution in [0.25, 0.3) is 0 Å². The molecule has 2 rings (SSSR count). The van der Waals surface area contributed by atoms with Gasteiger partial charge in [0.1, 0.15) is 5.78 Å². The van der Waals surface area contributed by atoms with Crippen LogP contribution in [0.1, 0.15) is 64.7 Å². The molecule has 0 heterocycles. The molecule has 2 saturated carbocycles. The Labute approximate surface area is 116 Å². The number of aliphatic hydroxyl groups excluding tert-OH is 1. The fourth-order valence-corrected chi connectivity index (χ4v) is 3.51. The lowest BCUT2D eigenvalue weighted by Gasteiger charge is -2.31. The Morgan fingerprint density at radius 2 is 1.63 bits per heavy atom. The van der Waals surface area contributed by atoms with E-state index in [1.807, 2.05) is 0 Å². The molecule has 1 N–H and O–H groups in total. The summed E-state index contributed by atoms with van der Waals surface area (Å²) in [6, 6.07) is 0. The summed E-state index contributed by atoms with van der Waals surface area (Å²) < 4.78 is 5.66. The maximum atomic E-state index is 12.4. The van der Waals surface area contributed by atoms with E-state index in [-0.39, 0.29) is 18.1 Å². The zero-order valence-electron chi connectivity index (χ0n) is 12.1. The number of ether oxygens (including phenoxy) is 1. The van der Waals surface area contributed by atoms with Crippen LogP contribution in [-0.2, 0) is 9.53 Å². The molecule has 0 radical (unpaired) electrons. The first-order valence-corrected chi connectivity index (χ1v) is 8.00. The van der Waals surface area contributed by atoms with Gasteiger partial charge in [0, 0.05) is 11.8 Å². The average Bonchev–Trinajstić information content (AvgIpc) is 2.46. The van der Waals surface area contributed by atoms with Crippen molar-refractivity contribution in [1.29, 1.82) is 0 Å². The van der Waals surface area contributed by atoms with E-state index < -0.39 is 0 Å². The third-order valence-electron chi connectivity index (χ3n) is 4.66. The Balaban J connectivity index is 1.71. The molecule has 2 aliphatic carbocycles. The Morgan fingerprint density at radius 3 is 2.21 bits per heavy atom. The third kappa shape index (κ3) is 4.57. The summed E-state index contributed by atoms with van der Waals surface area (Å²) in [5.41, 5.74) is 0. The van der Waals surface area contributed by atoms with Crippen LogP contribution >= 0.6 is 0 Å². The molecule has 0 aromatic rings. The monoisotopic (exact) mass is 268 g/mol. The quantitative estimate of drug-likeness (QED) is 0.833. The standard InChI is InChI=1S/C16H28O3/c1-12(17)11-19-15-9-7-14(8-10-15)16(18)13-5-3-2-4-6-13/h12-15,17H,2-11H2,1H3. The number of carbonyl (C=O) groups excluding carboxylic acids is 1. The second-order valence-electron chi connectivity index (χ2n) is 6.39. The number of ketones is 1. The number of carbonyl (C=O) groups is 1. The van der Waals surface area contributed by atoms with Crippen LogP contribution in [-0.4, -0.2) is 29.7 Å². The van der Waals surface area contributed by atoms with Crippen molar-refractivity contribution in [3.8, 4) is 0 Å². The van der Waals surface area contributed by atoms with Gasteiger partial charge in [-0.3, -0.25) is 4.79 Å². The number of Topliss-reactive ketones (excluding diaryl/α,β-unsaturated/α-hetero) is 1. The molecule has 0 aromatic heterocycles. The van der Waals surface area contributed by atoms with Gasteiger partial charge in [-0.1, -0.05) is 19.3 Å². The van der Waals surface area contributed by atoms with Gasteiger partial charge in [0.25, 0.3) is 0 Å². The summed E-state index contributed by atoms with van der Waals surface area (Å²) in [6.45, 7) is 2.17. The molecule has 0 amide bonds. The van der Waals surface area contributed by atoms with Gasteiger partial charge >= 0.3 is 0 Å². The van der Waals surface area contributed by atoms with Gasteiger partial charge in [0.05, 0.1) is 18.8 Å². The average molecular weight is 268 g/mol. The van der Waals surface area contributed by atoms with Crippen molar-refractivity contribution in [2.75, 3.05) is 6.61 Å². The minimum Gasteiger partial charge on any atom is -0.391 e. The minimum absolute atomic E-state index is 0.255. The first-order chi connectivity index (χ1) is 9.16. The van der Waals surface area contributed by atoms with Crippen LogP contribution in [0.5, 0.6) is 0 Å². The first kappa shape index (κ1) is 15.0. The second kappa shape index (κ2) is 7.39. The number of aliphatic hydroxyl groups is 1. The van der Waals surface area contributed by atoms with Gasteiger partial charge < -0.3 is 9.84 Å². The van der Waals surface area contributed by atoms with Crippen molar-refractivity contribution in [3.05, 3.63) is 0 Å². The van der Waals surface area contributed by atoms with Gasteiger partial charge in [-0.2, -0.15) is 0 Å². The number of hydrogen-bond donors (Lipinski definition) is 1. The van der Waals surface area contributed by atoms with Crippen LogP contribution in [0.15, 0.2) is 0 Å². The van der Waals surface area contributed by atoms with E-state index in [4.69, 9.17) is 4.74 Å². The molecular weight excluding hydrogens is 240 g/mol. The number of hydrogen-bond acceptors (Lipinski definition) is 3. The normalized spacial score (nSPS) is 31.1. The Hall–Kier alpha value is -0.410. The SMILES string of the molecule is CC(O)COC1CCC(C(=O)C2CCCCC2)CC1. The second-order valence-corrected chi connectivity index (χ2v) is 6.39. The molecule has 110 valence electrons. The maximum absolute atomic E-state index is 12.4. The molecule has 3 nitrogen and oxygen atoms in total. The van der Waals surface area contributed by atoms with Crippen LogP contribution in [0.3, 0.4) is 0 Å². The lowest BCUT2D eigenvalue weighted by Crippen LogP contribution is -2.32. The fourth-order valence-electron chi connectivity index (χ4n) is 3.51. The molecule has 0 aliphatic heterocycles. The van der Waals surface area contributed by atoms with Gasteiger partial charge in [0.2, 0.25) is 0 Å². The van der Waals surface area contributed by atoms with Crippen molar-refractivity contribution in [2.24, 2.45) is 11.8 Å². The highest BCUT2D eigenvalue weighted by molar-refractivity contribution is 5.83. The fraction of sp³-hybridized carbons (Fsp3) is 0.938. The van der Waals surface area contributed by atoms with E-state index in [2.05, 4.69) is 0 Å². The van der Waals surface area contributed by atoms with Crippen LogP contribution < -0.4 is 0 Å². The summed E-state index contributed by atoms with van der Waals surface area (Å²) >= 11 is 0. The van der Waals surface area contributed by atoms with Crippen molar-refractivity contribution in [2.45, 2.75) is 76.9 Å². The highest BCUT2D eigenvalue weighted by atomic mass is 16.5. The molecule has 1 atom stereocenters. The Morgan fingerprint density at radius 1 is 1.05 bits per heavy atom. The van der Waals surface area contributed by atoms with E-state index >= 15 is 0 Å². The maximum Gasteiger partial charge on any atom is 0.139 e. The number of rotatable bonds is 5. The lowest BCUT2D eigenvalue weighted by molar-refractivity contribution is -0.130. The molecule has 19 heavy (non-hydrogen) atoms. The van der Waals surface area contributed by atoms with Crippen molar-refractivity contribution in [1.82, 2.24) is 0 Å². The molecule has 2 fully saturated rings. The van der Waals surface area contributed by atoms with Crippen molar-refractivity contribution < 1.29 is 14.6 Å². The summed E-state index contributed by atoms with van der Waals surface area (Å²) in [5, 5.41) is 9.21. The van der Waals surface area contributed by atoms with Crippen molar-refractivity contribution in [3.63, 3.8) is 0 Å². The summed E-state index contributed by atoms with van der Waals surface area (Å²) in [5.74, 6) is 1.18. The largest absolute Gasteiger partial charge is 0.391 e. The van der Waals surface area contributed by atoms with E-state index in [1.54, 1.807) is 6.92 Å². The van der Waals surface area contributed by atoms with E-state index in [0.29, 0.717) is 18.3 Å². The summed E-state index contributed by atoms with van der Waals surface area (Å²) in [4.78, 5) is 12.4. The van der Waals surface area contributed by atoms with Gasteiger partial charge in [0.15, 0.2) is 0 Å². The summed E-state index contributed by atoms with van der Waals surface area (Å²) in [6.07, 6.45) is 9.84. The third-order valence-corrected chi connectivity index (χ3v) is 4.66. The zero-order valence-corrected chi connectivity index (χ0v) is 12.1. The molecule has 2 aliphatic rings. The molecule has 0 saturated heterocycles. The summed E-state index contributed by atoms with van der Waals surface area (Å²) in [7, 11) is 0. The Bertz CT molecular complexity index is 274. The molecule has 0 aromatic carbocycles. The van der Waals surface area contributed by atoms with E-state index in [1.165, 1.54) is 19.3 Å². The zero-order chi connectivity index (χ0) is 13.7. The topological polar surface area (TPSA) is 46.5 Å². The smallest absolute Gasteiger partial charge is 0.139 e. The lowest BCUT2D eigenvalue weighted by atomic mass is 9.76. The molecule has 3 heteroatoms. The predicted octanol–water partition coefficient (Wildman–Crippen LogP) is 3.09. The Kier molecular flexibility index (Phi) is 5.83. The molecule has 1 unspecified atom stereocenters. The van der Waals surface area contributed by atoms with E-state index in [0.717, 1.165) is 38.5 Å². The van der Waals surface area contributed by atoms with Crippen LogP contribution in [0, 0.1) is 11.8 Å². The molecule has 0 spiro atoms. The highest BCUT2D eigenvalue weighted by Crippen LogP contribution is 2.33. The van der Waals surface area contributed by atoms with Gasteiger partial charge in [-0.25, -0.2) is 0 Å². The highest BCUT2D eigenvalue weighted by Gasteiger charge is 2.31.